The van der Waals surface area contributed by atoms with Gasteiger partial charge in [-0.05, 0) is 19.1 Å². The van der Waals surface area contributed by atoms with Crippen molar-refractivity contribution in [3.8, 4) is 0 Å². The molecule has 1 unspecified atom stereocenters. The van der Waals surface area contributed by atoms with Gasteiger partial charge in [-0.15, -0.1) is 5.10 Å². The molecule has 0 radical (unpaired) electrons. The lowest BCUT2D eigenvalue weighted by atomic mass is 10.3. The van der Waals surface area contributed by atoms with Crippen LogP contribution in [0, 0.1) is 3.95 Å². The molecule has 0 aliphatic carbocycles. The molecule has 0 spiro atoms. The molecule has 5 nitrogen and oxygen atoms in total. The molecule has 1 amide bonds. The van der Waals surface area contributed by atoms with Crippen LogP contribution in [0.2, 0.25) is 0 Å². The van der Waals surface area contributed by atoms with Crippen LogP contribution in [0.25, 0.3) is 0 Å². The highest BCUT2D eigenvalue weighted by Gasteiger charge is 2.11. The predicted molar refractivity (Wildman–Crippen MR) is 54.5 cm³/mol. The van der Waals surface area contributed by atoms with Crippen molar-refractivity contribution in [3.63, 3.8) is 0 Å². The molecule has 0 aromatic carbocycles. The van der Waals surface area contributed by atoms with Gasteiger partial charge in [-0.2, -0.15) is 0 Å². The second-order valence-corrected chi connectivity index (χ2v) is 4.06. The maximum atomic E-state index is 11.1. The van der Waals surface area contributed by atoms with Gasteiger partial charge in [0.1, 0.15) is 6.04 Å². The summed E-state index contributed by atoms with van der Waals surface area (Å²) in [6.07, 6.45) is 0. The van der Waals surface area contributed by atoms with Gasteiger partial charge < -0.3 is 10.6 Å². The Morgan fingerprint density at radius 1 is 1.77 bits per heavy atom. The number of nitrogens with one attached hydrogen (secondary N) is 3. The topological polar surface area (TPSA) is 69.8 Å². The molecule has 1 heterocycles. The number of carbonyl (C=O) groups is 1. The van der Waals surface area contributed by atoms with E-state index in [4.69, 9.17) is 12.2 Å². The van der Waals surface area contributed by atoms with Gasteiger partial charge in [0.15, 0.2) is 3.95 Å². The SMILES string of the molecule is CNC(=O)C(C)Nc1n[nH]c(=S)s1. The van der Waals surface area contributed by atoms with Crippen LogP contribution in [0.15, 0.2) is 0 Å². The van der Waals surface area contributed by atoms with E-state index in [1.165, 1.54) is 11.3 Å². The van der Waals surface area contributed by atoms with E-state index in [0.29, 0.717) is 9.09 Å². The summed E-state index contributed by atoms with van der Waals surface area (Å²) >= 11 is 6.14. The Kier molecular flexibility index (Phi) is 3.38. The fraction of sp³-hybridized carbons (Fsp3) is 0.500. The third-order valence-corrected chi connectivity index (χ3v) is 2.44. The van der Waals surface area contributed by atoms with E-state index in [2.05, 4.69) is 20.8 Å². The van der Waals surface area contributed by atoms with Gasteiger partial charge in [0.25, 0.3) is 0 Å². The number of anilines is 1. The second-order valence-electron chi connectivity index (χ2n) is 2.40. The predicted octanol–water partition coefficient (Wildman–Crippen LogP) is 0.747. The molecule has 1 aromatic heterocycles. The van der Waals surface area contributed by atoms with Gasteiger partial charge in [-0.1, -0.05) is 11.3 Å². The van der Waals surface area contributed by atoms with Gasteiger partial charge in [-0.25, -0.2) is 0 Å². The molecule has 7 heteroatoms. The molecule has 1 aromatic rings. The van der Waals surface area contributed by atoms with E-state index in [-0.39, 0.29) is 11.9 Å². The molecule has 13 heavy (non-hydrogen) atoms. The Morgan fingerprint density at radius 3 is 2.92 bits per heavy atom. The van der Waals surface area contributed by atoms with Crippen molar-refractivity contribution in [1.29, 1.82) is 0 Å². The zero-order chi connectivity index (χ0) is 9.84. The Morgan fingerprint density at radius 2 is 2.46 bits per heavy atom. The number of aromatic amines is 1. The summed E-state index contributed by atoms with van der Waals surface area (Å²) in [5, 5.41) is 12.6. The summed E-state index contributed by atoms with van der Waals surface area (Å²) < 4.78 is 0.589. The summed E-state index contributed by atoms with van der Waals surface area (Å²) in [5.41, 5.74) is 0. The largest absolute Gasteiger partial charge is 0.357 e. The Hall–Kier alpha value is -0.950. The molecular weight excluding hydrogens is 208 g/mol. The van der Waals surface area contributed by atoms with Crippen molar-refractivity contribution in [2.24, 2.45) is 0 Å². The number of carbonyl (C=O) groups excluding carboxylic acids is 1. The minimum atomic E-state index is -0.307. The molecule has 0 saturated heterocycles. The number of hydrogen-bond acceptors (Lipinski definition) is 5. The van der Waals surface area contributed by atoms with Gasteiger partial charge in [0, 0.05) is 7.05 Å². The standard InChI is InChI=1S/C6H10N4OS2/c1-3(4(11)7-2)8-5-9-10-6(12)13-5/h3H,1-2H3,(H,7,11)(H,8,9)(H,10,12). The summed E-state index contributed by atoms with van der Waals surface area (Å²) in [6.45, 7) is 1.75. The lowest BCUT2D eigenvalue weighted by Gasteiger charge is -2.09. The molecule has 1 atom stereocenters. The van der Waals surface area contributed by atoms with Crippen LogP contribution in [0.1, 0.15) is 6.92 Å². The molecule has 0 aliphatic rings. The summed E-state index contributed by atoms with van der Waals surface area (Å²) in [4.78, 5) is 11.1. The highest BCUT2D eigenvalue weighted by molar-refractivity contribution is 7.73. The fourth-order valence-corrected chi connectivity index (χ4v) is 1.64. The van der Waals surface area contributed by atoms with Crippen LogP contribution in [-0.2, 0) is 4.79 Å². The smallest absolute Gasteiger partial charge is 0.242 e. The summed E-state index contributed by atoms with van der Waals surface area (Å²) in [5.74, 6) is -0.0823. The molecule has 0 aliphatic heterocycles. The van der Waals surface area contributed by atoms with Gasteiger partial charge in [0.05, 0.1) is 0 Å². The van der Waals surface area contributed by atoms with E-state index in [1.807, 2.05) is 0 Å². The van der Waals surface area contributed by atoms with E-state index in [9.17, 15) is 4.79 Å². The number of aromatic nitrogens is 2. The summed E-state index contributed by atoms with van der Waals surface area (Å²) in [7, 11) is 1.59. The van der Waals surface area contributed by atoms with Gasteiger partial charge in [-0.3, -0.25) is 9.89 Å². The lowest BCUT2D eigenvalue weighted by molar-refractivity contribution is -0.121. The number of hydrogen-bond donors (Lipinski definition) is 3. The zero-order valence-corrected chi connectivity index (χ0v) is 8.88. The van der Waals surface area contributed by atoms with Crippen LogP contribution >= 0.6 is 23.6 Å². The van der Waals surface area contributed by atoms with E-state index >= 15 is 0 Å². The van der Waals surface area contributed by atoms with E-state index in [0.717, 1.165) is 0 Å². The van der Waals surface area contributed by atoms with Gasteiger partial charge in [0.2, 0.25) is 11.0 Å². The van der Waals surface area contributed by atoms with Gasteiger partial charge >= 0.3 is 0 Å². The Balaban J connectivity index is 2.59. The third-order valence-electron chi connectivity index (χ3n) is 1.42. The number of likely N-dealkylation sites (N-methyl/N-ethyl adjacent to an activating group) is 1. The molecule has 0 fully saturated rings. The Bertz CT molecular complexity index is 344. The van der Waals surface area contributed by atoms with Crippen LogP contribution in [0.3, 0.4) is 0 Å². The maximum Gasteiger partial charge on any atom is 0.242 e. The molecule has 3 N–H and O–H groups in total. The third kappa shape index (κ3) is 2.78. The molecule has 0 saturated carbocycles. The first kappa shape index (κ1) is 10.1. The molecule has 0 bridgehead atoms. The fourth-order valence-electron chi connectivity index (χ4n) is 0.759. The minimum absolute atomic E-state index is 0.0823. The number of H-pyrrole nitrogens is 1. The number of amides is 1. The quantitative estimate of drug-likeness (QED) is 0.655. The van der Waals surface area contributed by atoms with Crippen molar-refractivity contribution < 1.29 is 4.79 Å². The molecular formula is C6H10N4OS2. The first-order chi connectivity index (χ1) is 6.13. The van der Waals surface area contributed by atoms with Crippen LogP contribution < -0.4 is 10.6 Å². The zero-order valence-electron chi connectivity index (χ0n) is 7.25. The lowest BCUT2D eigenvalue weighted by Crippen LogP contribution is -2.35. The average Bonchev–Trinajstić information content (AvgIpc) is 2.49. The molecule has 1 rings (SSSR count). The normalized spacial score (nSPS) is 12.2. The maximum absolute atomic E-state index is 11.1. The van der Waals surface area contributed by atoms with Crippen LogP contribution in [0.4, 0.5) is 5.13 Å². The van der Waals surface area contributed by atoms with Crippen LogP contribution in [0.5, 0.6) is 0 Å². The van der Waals surface area contributed by atoms with E-state index in [1.54, 1.807) is 14.0 Å². The highest BCUT2D eigenvalue weighted by atomic mass is 32.1. The number of rotatable bonds is 3. The first-order valence-corrected chi connectivity index (χ1v) is 4.89. The number of nitrogens with zero attached hydrogens (tertiary/aromatic N) is 1. The van der Waals surface area contributed by atoms with Crippen molar-refractivity contribution in [1.82, 2.24) is 15.5 Å². The van der Waals surface area contributed by atoms with Crippen molar-refractivity contribution in [2.45, 2.75) is 13.0 Å². The average molecular weight is 218 g/mol. The van der Waals surface area contributed by atoms with Crippen molar-refractivity contribution in [3.05, 3.63) is 3.95 Å². The Labute approximate surface area is 84.6 Å². The van der Waals surface area contributed by atoms with Crippen molar-refractivity contribution in [2.75, 3.05) is 12.4 Å². The summed E-state index contributed by atoms with van der Waals surface area (Å²) in [6, 6.07) is -0.307. The van der Waals surface area contributed by atoms with Crippen molar-refractivity contribution >= 4 is 34.6 Å². The van der Waals surface area contributed by atoms with E-state index < -0.39 is 0 Å². The molecule has 72 valence electrons. The monoisotopic (exact) mass is 218 g/mol. The second kappa shape index (κ2) is 4.33. The minimum Gasteiger partial charge on any atom is -0.357 e. The van der Waals surface area contributed by atoms with Crippen LogP contribution in [-0.4, -0.2) is 29.2 Å². The highest BCUT2D eigenvalue weighted by Crippen LogP contribution is 2.11. The first-order valence-electron chi connectivity index (χ1n) is 3.67.